The lowest BCUT2D eigenvalue weighted by atomic mass is 9.97. The van der Waals surface area contributed by atoms with Crippen LogP contribution < -0.4 is 5.32 Å². The van der Waals surface area contributed by atoms with Crippen LogP contribution in [0.1, 0.15) is 12.5 Å². The Bertz CT molecular complexity index is 788. The van der Waals surface area contributed by atoms with Gasteiger partial charge in [-0.1, -0.05) is 42.5 Å². The molecule has 132 valence electrons. The van der Waals surface area contributed by atoms with Gasteiger partial charge < -0.3 is 15.3 Å². The number of carbonyl (C=O) groups excluding carboxylic acids is 2. The molecule has 0 spiro atoms. The van der Waals surface area contributed by atoms with Crippen molar-refractivity contribution in [3.8, 4) is 0 Å². The first kappa shape index (κ1) is 18.4. The fraction of sp³-hybridized carbons (Fsp3) is 0.316. The van der Waals surface area contributed by atoms with Gasteiger partial charge in [-0.15, -0.1) is 0 Å². The summed E-state index contributed by atoms with van der Waals surface area (Å²) >= 11 is 0. The average Bonchev–Trinajstić information content (AvgIpc) is 2.58. The number of likely N-dealkylation sites (N-methyl/N-ethyl adjacent to an activating group) is 1. The van der Waals surface area contributed by atoms with E-state index < -0.39 is 11.9 Å². The van der Waals surface area contributed by atoms with Crippen LogP contribution in [0.2, 0.25) is 0 Å². The Morgan fingerprint density at radius 3 is 2.44 bits per heavy atom. The number of carboxylic acids is 1. The Hall–Kier alpha value is -2.89. The van der Waals surface area contributed by atoms with E-state index in [1.165, 1.54) is 18.9 Å². The smallest absolute Gasteiger partial charge is 0.308 e. The molecule has 25 heavy (non-hydrogen) atoms. The van der Waals surface area contributed by atoms with Gasteiger partial charge in [0.2, 0.25) is 11.8 Å². The average molecular weight is 342 g/mol. The highest BCUT2D eigenvalue weighted by molar-refractivity contribution is 5.84. The second-order valence-electron chi connectivity index (χ2n) is 6.10. The van der Waals surface area contributed by atoms with E-state index in [0.717, 1.165) is 16.3 Å². The number of fused-ring (bicyclic) bond motifs is 1. The Kier molecular flexibility index (Phi) is 6.11. The molecule has 6 nitrogen and oxygen atoms in total. The monoisotopic (exact) mass is 342 g/mol. The summed E-state index contributed by atoms with van der Waals surface area (Å²) in [6, 6.07) is 13.7. The van der Waals surface area contributed by atoms with Gasteiger partial charge in [0, 0.05) is 20.5 Å². The Labute approximate surface area is 146 Å². The van der Waals surface area contributed by atoms with Gasteiger partial charge in [-0.05, 0) is 22.8 Å². The summed E-state index contributed by atoms with van der Waals surface area (Å²) in [4.78, 5) is 35.7. The van der Waals surface area contributed by atoms with Crippen molar-refractivity contribution in [2.45, 2.75) is 13.3 Å². The van der Waals surface area contributed by atoms with E-state index >= 15 is 0 Å². The molecule has 2 aromatic rings. The minimum atomic E-state index is -0.964. The van der Waals surface area contributed by atoms with Gasteiger partial charge in [0.05, 0.1) is 12.5 Å². The van der Waals surface area contributed by atoms with Gasteiger partial charge in [0.15, 0.2) is 0 Å². The van der Waals surface area contributed by atoms with Gasteiger partial charge in [0.1, 0.15) is 0 Å². The summed E-state index contributed by atoms with van der Waals surface area (Å²) in [7, 11) is 1.52. The molecule has 0 saturated heterocycles. The molecule has 2 N–H and O–H groups in total. The lowest BCUT2D eigenvalue weighted by molar-refractivity contribution is -0.142. The minimum absolute atomic E-state index is 0.0206. The summed E-state index contributed by atoms with van der Waals surface area (Å²) in [6.45, 7) is 1.30. The number of carbonyl (C=O) groups is 3. The lowest BCUT2D eigenvalue weighted by Gasteiger charge is -2.17. The van der Waals surface area contributed by atoms with Crippen molar-refractivity contribution in [1.82, 2.24) is 10.2 Å². The molecule has 1 unspecified atom stereocenters. The number of hydrogen-bond acceptors (Lipinski definition) is 3. The largest absolute Gasteiger partial charge is 0.481 e. The number of nitrogens with one attached hydrogen (secondary N) is 1. The summed E-state index contributed by atoms with van der Waals surface area (Å²) in [5, 5.41) is 14.2. The van der Waals surface area contributed by atoms with Crippen LogP contribution in [0.5, 0.6) is 0 Å². The number of rotatable bonds is 7. The van der Waals surface area contributed by atoms with Gasteiger partial charge in [-0.2, -0.15) is 0 Å². The zero-order chi connectivity index (χ0) is 18.4. The van der Waals surface area contributed by atoms with E-state index in [2.05, 4.69) is 5.32 Å². The topological polar surface area (TPSA) is 86.7 Å². The molecule has 0 bridgehead atoms. The lowest BCUT2D eigenvalue weighted by Crippen LogP contribution is -2.40. The maximum Gasteiger partial charge on any atom is 0.308 e. The third kappa shape index (κ3) is 5.31. The second-order valence-corrected chi connectivity index (χ2v) is 6.10. The molecule has 6 heteroatoms. The van der Waals surface area contributed by atoms with Crippen LogP contribution >= 0.6 is 0 Å². The molecule has 0 aromatic heterocycles. The number of aliphatic carboxylic acids is 1. The van der Waals surface area contributed by atoms with Gasteiger partial charge >= 0.3 is 5.97 Å². The summed E-state index contributed by atoms with van der Waals surface area (Å²) < 4.78 is 0. The van der Waals surface area contributed by atoms with Crippen molar-refractivity contribution in [1.29, 1.82) is 0 Å². The maximum atomic E-state index is 11.8. The van der Waals surface area contributed by atoms with Crippen LogP contribution in [-0.4, -0.2) is 47.9 Å². The van der Waals surface area contributed by atoms with Crippen molar-refractivity contribution < 1.29 is 19.5 Å². The zero-order valence-electron chi connectivity index (χ0n) is 14.4. The van der Waals surface area contributed by atoms with Crippen LogP contribution in [0.4, 0.5) is 0 Å². The molecule has 0 saturated carbocycles. The van der Waals surface area contributed by atoms with Crippen LogP contribution in [0.15, 0.2) is 42.5 Å². The Morgan fingerprint density at radius 1 is 1.12 bits per heavy atom. The van der Waals surface area contributed by atoms with Crippen LogP contribution in [0, 0.1) is 5.92 Å². The fourth-order valence-electron chi connectivity index (χ4n) is 2.52. The quantitative estimate of drug-likeness (QED) is 0.801. The first-order chi connectivity index (χ1) is 11.9. The normalized spacial score (nSPS) is 11.8. The predicted octanol–water partition coefficient (Wildman–Crippen LogP) is 1.68. The first-order valence-corrected chi connectivity index (χ1v) is 8.05. The van der Waals surface area contributed by atoms with Crippen molar-refractivity contribution in [3.05, 3.63) is 48.0 Å². The molecule has 0 radical (unpaired) electrons. The fourth-order valence-corrected chi connectivity index (χ4v) is 2.52. The molecule has 0 aliphatic carbocycles. The Balaban J connectivity index is 1.99. The summed E-state index contributed by atoms with van der Waals surface area (Å²) in [5.41, 5.74) is 0.904. The van der Waals surface area contributed by atoms with Crippen LogP contribution in [-0.2, 0) is 20.8 Å². The number of amides is 2. The third-order valence-electron chi connectivity index (χ3n) is 4.11. The van der Waals surface area contributed by atoms with Gasteiger partial charge in [0.25, 0.3) is 0 Å². The second kappa shape index (κ2) is 8.28. The molecular weight excluding hydrogens is 320 g/mol. The predicted molar refractivity (Wildman–Crippen MR) is 95.1 cm³/mol. The van der Waals surface area contributed by atoms with Crippen molar-refractivity contribution in [2.75, 3.05) is 20.1 Å². The van der Waals surface area contributed by atoms with E-state index in [9.17, 15) is 19.5 Å². The highest BCUT2D eigenvalue weighted by Gasteiger charge is 2.20. The van der Waals surface area contributed by atoms with Crippen molar-refractivity contribution >= 4 is 28.6 Å². The molecule has 0 aliphatic heterocycles. The van der Waals surface area contributed by atoms with E-state index in [1.807, 2.05) is 42.5 Å². The molecule has 2 amide bonds. The zero-order valence-corrected chi connectivity index (χ0v) is 14.4. The molecule has 2 aromatic carbocycles. The number of carboxylic acid groups (broad SMARTS) is 1. The van der Waals surface area contributed by atoms with E-state index in [-0.39, 0.29) is 24.9 Å². The minimum Gasteiger partial charge on any atom is -0.481 e. The molecule has 1 atom stereocenters. The summed E-state index contributed by atoms with van der Waals surface area (Å²) in [5.74, 6) is -2.29. The van der Waals surface area contributed by atoms with E-state index in [0.29, 0.717) is 6.42 Å². The molecule has 0 aliphatic rings. The summed E-state index contributed by atoms with van der Waals surface area (Å²) in [6.07, 6.45) is 0.322. The third-order valence-corrected chi connectivity index (χ3v) is 4.11. The number of nitrogens with zero attached hydrogens (tertiary/aromatic N) is 1. The van der Waals surface area contributed by atoms with Gasteiger partial charge in [-0.3, -0.25) is 14.4 Å². The number of benzene rings is 2. The van der Waals surface area contributed by atoms with E-state index in [4.69, 9.17) is 0 Å². The van der Waals surface area contributed by atoms with Crippen molar-refractivity contribution in [3.63, 3.8) is 0 Å². The maximum absolute atomic E-state index is 11.8. The van der Waals surface area contributed by atoms with Crippen LogP contribution in [0.25, 0.3) is 10.8 Å². The van der Waals surface area contributed by atoms with Crippen molar-refractivity contribution in [2.24, 2.45) is 5.92 Å². The first-order valence-electron chi connectivity index (χ1n) is 8.05. The van der Waals surface area contributed by atoms with Gasteiger partial charge in [-0.25, -0.2) is 0 Å². The molecule has 0 fully saturated rings. The number of hydrogen-bond donors (Lipinski definition) is 2. The highest BCUT2D eigenvalue weighted by atomic mass is 16.4. The standard InChI is InChI=1S/C19H22N2O4/c1-13(22)21(2)12-18(23)20-11-17(19(24)25)10-14-7-8-15-5-3-4-6-16(15)9-14/h3-9,17H,10-12H2,1-2H3,(H,20,23)(H,24,25). The SMILES string of the molecule is CC(=O)N(C)CC(=O)NCC(Cc1ccc2ccccc2c1)C(=O)O. The highest BCUT2D eigenvalue weighted by Crippen LogP contribution is 2.18. The molecule has 2 rings (SSSR count). The Morgan fingerprint density at radius 2 is 1.80 bits per heavy atom. The van der Waals surface area contributed by atoms with Crippen LogP contribution in [0.3, 0.4) is 0 Å². The molecular formula is C19H22N2O4. The van der Waals surface area contributed by atoms with E-state index in [1.54, 1.807) is 0 Å². The molecule has 0 heterocycles.